The van der Waals surface area contributed by atoms with Crippen LogP contribution in [0.3, 0.4) is 0 Å². The lowest BCUT2D eigenvalue weighted by atomic mass is 9.91. The molecule has 150 valence electrons. The van der Waals surface area contributed by atoms with Crippen LogP contribution < -0.4 is 4.74 Å². The molecular formula is C21H22ClF2NO3. The lowest BCUT2D eigenvalue weighted by Gasteiger charge is -2.40. The van der Waals surface area contributed by atoms with E-state index >= 15 is 0 Å². The number of carbonyl (C=O) groups is 1. The van der Waals surface area contributed by atoms with Gasteiger partial charge in [0.2, 0.25) is 0 Å². The molecule has 0 bridgehead atoms. The Morgan fingerprint density at radius 3 is 2.71 bits per heavy atom. The second kappa shape index (κ2) is 8.88. The molecule has 2 aromatic rings. The van der Waals surface area contributed by atoms with Crippen molar-refractivity contribution in [2.24, 2.45) is 0 Å². The van der Waals surface area contributed by atoms with Crippen LogP contribution in [0.15, 0.2) is 36.4 Å². The summed E-state index contributed by atoms with van der Waals surface area (Å²) < 4.78 is 34.0. The summed E-state index contributed by atoms with van der Waals surface area (Å²) >= 11 is 6.21. The van der Waals surface area contributed by atoms with Gasteiger partial charge in [-0.3, -0.25) is 9.69 Å². The van der Waals surface area contributed by atoms with Crippen molar-refractivity contribution in [1.82, 2.24) is 4.90 Å². The summed E-state index contributed by atoms with van der Waals surface area (Å²) in [6.45, 7) is 2.68. The van der Waals surface area contributed by atoms with E-state index < -0.39 is 29.7 Å². The zero-order chi connectivity index (χ0) is 20.3. The van der Waals surface area contributed by atoms with Crippen LogP contribution in [0.25, 0.3) is 0 Å². The Bertz CT molecular complexity index is 862. The van der Waals surface area contributed by atoms with Gasteiger partial charge in [-0.2, -0.15) is 0 Å². The summed E-state index contributed by atoms with van der Waals surface area (Å²) in [5.74, 6) is -1.89. The highest BCUT2D eigenvalue weighted by Gasteiger charge is 2.37. The highest BCUT2D eigenvalue weighted by atomic mass is 35.5. The third-order valence-corrected chi connectivity index (χ3v) is 5.22. The normalized spacial score (nSPS) is 18.6. The van der Waals surface area contributed by atoms with Gasteiger partial charge in [-0.05, 0) is 50.6 Å². The number of hydrogen-bond donors (Lipinski definition) is 1. The number of rotatable bonds is 6. The average Bonchev–Trinajstić information content (AvgIpc) is 2.66. The molecule has 0 saturated carbocycles. The van der Waals surface area contributed by atoms with Crippen molar-refractivity contribution in [2.45, 2.75) is 38.3 Å². The van der Waals surface area contributed by atoms with Gasteiger partial charge in [0, 0.05) is 22.2 Å². The molecule has 1 heterocycles. The number of halogens is 3. The number of nitrogens with zero attached hydrogens (tertiary/aromatic N) is 1. The molecule has 1 aliphatic heterocycles. The van der Waals surface area contributed by atoms with Crippen LogP contribution in [-0.2, 0) is 4.79 Å². The van der Waals surface area contributed by atoms with Gasteiger partial charge < -0.3 is 9.84 Å². The number of carboxylic acid groups (broad SMARTS) is 1. The van der Waals surface area contributed by atoms with Gasteiger partial charge >= 0.3 is 5.97 Å². The first-order valence-corrected chi connectivity index (χ1v) is 9.66. The number of aliphatic carboxylic acids is 1. The van der Waals surface area contributed by atoms with Crippen LogP contribution in [0, 0.1) is 11.6 Å². The lowest BCUT2D eigenvalue weighted by molar-refractivity contribution is -0.145. The highest BCUT2D eigenvalue weighted by molar-refractivity contribution is 6.30. The number of hydrogen-bond acceptors (Lipinski definition) is 3. The van der Waals surface area contributed by atoms with E-state index in [9.17, 15) is 18.7 Å². The maximum atomic E-state index is 14.8. The van der Waals surface area contributed by atoms with Crippen LogP contribution in [0.2, 0.25) is 5.02 Å². The molecule has 2 unspecified atom stereocenters. The Labute approximate surface area is 167 Å². The molecule has 0 amide bonds. The molecule has 1 saturated heterocycles. The SMILES string of the molecule is CCOc1ccc(Cl)cc1C(c1ccc(F)cc1F)N1CCCCC1C(=O)O. The Kier molecular flexibility index (Phi) is 6.52. The monoisotopic (exact) mass is 409 g/mol. The van der Waals surface area contributed by atoms with Gasteiger partial charge in [0.1, 0.15) is 23.4 Å². The van der Waals surface area contributed by atoms with Crippen molar-refractivity contribution in [3.8, 4) is 5.75 Å². The minimum Gasteiger partial charge on any atom is -0.494 e. The molecular weight excluding hydrogens is 388 g/mol. The third-order valence-electron chi connectivity index (χ3n) is 4.98. The Morgan fingerprint density at radius 2 is 2.04 bits per heavy atom. The van der Waals surface area contributed by atoms with Gasteiger partial charge in [0.25, 0.3) is 0 Å². The maximum absolute atomic E-state index is 14.8. The van der Waals surface area contributed by atoms with Crippen molar-refractivity contribution in [3.63, 3.8) is 0 Å². The molecule has 7 heteroatoms. The molecule has 1 fully saturated rings. The molecule has 0 spiro atoms. The Hall–Kier alpha value is -2.18. The number of benzene rings is 2. The predicted molar refractivity (Wildman–Crippen MR) is 103 cm³/mol. The summed E-state index contributed by atoms with van der Waals surface area (Å²) in [4.78, 5) is 13.6. The van der Waals surface area contributed by atoms with Crippen molar-refractivity contribution in [1.29, 1.82) is 0 Å². The summed E-state index contributed by atoms with van der Waals surface area (Å²) in [6.07, 6.45) is 2.02. The first-order valence-electron chi connectivity index (χ1n) is 9.28. The maximum Gasteiger partial charge on any atom is 0.320 e. The average molecular weight is 410 g/mol. The van der Waals surface area contributed by atoms with Crippen LogP contribution in [0.1, 0.15) is 43.4 Å². The fourth-order valence-electron chi connectivity index (χ4n) is 3.80. The van der Waals surface area contributed by atoms with E-state index in [0.29, 0.717) is 35.9 Å². The molecule has 0 aromatic heterocycles. The molecule has 2 aromatic carbocycles. The standard InChI is InChI=1S/C21H22ClF2NO3/c1-2-28-19-9-6-13(22)11-16(19)20(15-8-7-14(23)12-17(15)24)25-10-4-3-5-18(25)21(26)27/h6-9,11-12,18,20H,2-5,10H2,1H3,(H,26,27). The molecule has 0 radical (unpaired) electrons. The topological polar surface area (TPSA) is 49.8 Å². The second-order valence-electron chi connectivity index (χ2n) is 6.77. The zero-order valence-corrected chi connectivity index (χ0v) is 16.3. The minimum absolute atomic E-state index is 0.192. The van der Waals surface area contributed by atoms with E-state index in [1.54, 1.807) is 23.1 Å². The van der Waals surface area contributed by atoms with Crippen molar-refractivity contribution in [3.05, 3.63) is 64.2 Å². The van der Waals surface area contributed by atoms with E-state index in [-0.39, 0.29) is 5.56 Å². The number of carboxylic acids is 1. The molecule has 28 heavy (non-hydrogen) atoms. The van der Waals surface area contributed by atoms with E-state index in [4.69, 9.17) is 16.3 Å². The third kappa shape index (κ3) is 4.28. The summed E-state index contributed by atoms with van der Waals surface area (Å²) in [5, 5.41) is 10.2. The summed E-state index contributed by atoms with van der Waals surface area (Å²) in [7, 11) is 0. The molecule has 1 N–H and O–H groups in total. The summed E-state index contributed by atoms with van der Waals surface area (Å²) in [5.41, 5.74) is 0.755. The molecule has 3 rings (SSSR count). The van der Waals surface area contributed by atoms with Gasteiger partial charge in [-0.1, -0.05) is 24.1 Å². The lowest BCUT2D eigenvalue weighted by Crippen LogP contribution is -2.47. The Morgan fingerprint density at radius 1 is 1.25 bits per heavy atom. The van der Waals surface area contributed by atoms with Gasteiger partial charge in [-0.25, -0.2) is 8.78 Å². The van der Waals surface area contributed by atoms with E-state index in [1.165, 1.54) is 12.1 Å². The zero-order valence-electron chi connectivity index (χ0n) is 15.5. The molecule has 2 atom stereocenters. The number of piperidine rings is 1. The van der Waals surface area contributed by atoms with E-state index in [2.05, 4.69) is 0 Å². The number of likely N-dealkylation sites (tertiary alicyclic amines) is 1. The van der Waals surface area contributed by atoms with E-state index in [0.717, 1.165) is 18.9 Å². The number of ether oxygens (including phenoxy) is 1. The van der Waals surface area contributed by atoms with Gasteiger partial charge in [-0.15, -0.1) is 0 Å². The molecule has 1 aliphatic rings. The summed E-state index contributed by atoms with van der Waals surface area (Å²) in [6, 6.07) is 6.82. The van der Waals surface area contributed by atoms with Crippen molar-refractivity contribution < 1.29 is 23.4 Å². The molecule has 4 nitrogen and oxygen atoms in total. The minimum atomic E-state index is -0.966. The smallest absolute Gasteiger partial charge is 0.320 e. The second-order valence-corrected chi connectivity index (χ2v) is 7.21. The Balaban J connectivity index is 2.20. The van der Waals surface area contributed by atoms with E-state index in [1.807, 2.05) is 6.92 Å². The quantitative estimate of drug-likeness (QED) is 0.725. The van der Waals surface area contributed by atoms with Crippen molar-refractivity contribution in [2.75, 3.05) is 13.2 Å². The van der Waals surface area contributed by atoms with Crippen LogP contribution in [0.4, 0.5) is 8.78 Å². The predicted octanol–water partition coefficient (Wildman–Crippen LogP) is 5.05. The fraction of sp³-hybridized carbons (Fsp3) is 0.381. The fourth-order valence-corrected chi connectivity index (χ4v) is 3.98. The highest BCUT2D eigenvalue weighted by Crippen LogP contribution is 2.40. The first kappa shape index (κ1) is 20.6. The largest absolute Gasteiger partial charge is 0.494 e. The van der Waals surface area contributed by atoms with Crippen LogP contribution >= 0.6 is 11.6 Å². The first-order chi connectivity index (χ1) is 13.4. The van der Waals surface area contributed by atoms with Crippen LogP contribution in [-0.4, -0.2) is 35.2 Å². The van der Waals surface area contributed by atoms with Crippen molar-refractivity contribution >= 4 is 17.6 Å². The van der Waals surface area contributed by atoms with Crippen LogP contribution in [0.5, 0.6) is 5.75 Å². The van der Waals surface area contributed by atoms with Gasteiger partial charge in [0.15, 0.2) is 0 Å². The van der Waals surface area contributed by atoms with Gasteiger partial charge in [0.05, 0.1) is 12.6 Å². The molecule has 0 aliphatic carbocycles.